The van der Waals surface area contributed by atoms with Crippen molar-refractivity contribution in [3.63, 3.8) is 0 Å². The van der Waals surface area contributed by atoms with Gasteiger partial charge in [0.2, 0.25) is 0 Å². The van der Waals surface area contributed by atoms with Gasteiger partial charge in [0.25, 0.3) is 0 Å². The van der Waals surface area contributed by atoms with Gasteiger partial charge in [0.15, 0.2) is 11.5 Å². The molecule has 0 radical (unpaired) electrons. The molecule has 7 nitrogen and oxygen atoms in total. The molecule has 1 aromatic carbocycles. The molecule has 0 saturated carbocycles. The van der Waals surface area contributed by atoms with Gasteiger partial charge in [-0.25, -0.2) is 9.50 Å². The van der Waals surface area contributed by atoms with E-state index in [-0.39, 0.29) is 0 Å². The Morgan fingerprint density at radius 1 is 1.07 bits per heavy atom. The molecule has 0 fully saturated rings. The number of benzene rings is 1. The number of pyridine rings is 1. The maximum absolute atomic E-state index is 6.16. The predicted molar refractivity (Wildman–Crippen MR) is 121 cm³/mol. The van der Waals surface area contributed by atoms with Crippen LogP contribution in [0.1, 0.15) is 12.0 Å². The maximum atomic E-state index is 6.16. The van der Waals surface area contributed by atoms with Crippen molar-refractivity contribution >= 4 is 11.5 Å². The molecule has 0 aliphatic heterocycles. The summed E-state index contributed by atoms with van der Waals surface area (Å²) in [6.45, 7) is 3.05. The molecule has 7 heteroatoms. The first-order chi connectivity index (χ1) is 14.7. The van der Waals surface area contributed by atoms with Crippen LogP contribution in [-0.2, 0) is 6.54 Å². The zero-order chi connectivity index (χ0) is 20.9. The van der Waals surface area contributed by atoms with Gasteiger partial charge in [-0.3, -0.25) is 4.98 Å². The van der Waals surface area contributed by atoms with Crippen LogP contribution in [0.25, 0.3) is 28.0 Å². The van der Waals surface area contributed by atoms with Crippen LogP contribution in [0.4, 0.5) is 5.82 Å². The highest BCUT2D eigenvalue weighted by Gasteiger charge is 2.15. The van der Waals surface area contributed by atoms with E-state index in [1.165, 1.54) is 5.56 Å². The lowest BCUT2D eigenvalue weighted by Crippen LogP contribution is -2.22. The molecule has 0 bridgehead atoms. The summed E-state index contributed by atoms with van der Waals surface area (Å²) in [5, 5.41) is 7.64. The Morgan fingerprint density at radius 2 is 1.90 bits per heavy atom. The molecule has 0 amide bonds. The maximum Gasteiger partial charge on any atom is 0.166 e. The van der Waals surface area contributed by atoms with E-state index in [4.69, 9.17) is 5.73 Å². The Kier molecular flexibility index (Phi) is 6.02. The predicted octanol–water partition coefficient (Wildman–Crippen LogP) is 3.08. The number of fused-ring (bicyclic) bond motifs is 1. The van der Waals surface area contributed by atoms with Gasteiger partial charge in [0.05, 0.1) is 11.3 Å². The Hall–Kier alpha value is -3.29. The second-order valence-electron chi connectivity index (χ2n) is 7.48. The zero-order valence-electron chi connectivity index (χ0n) is 17.4. The van der Waals surface area contributed by atoms with E-state index in [9.17, 15) is 0 Å². The number of nitrogen functional groups attached to an aromatic ring is 1. The van der Waals surface area contributed by atoms with Gasteiger partial charge in [-0.05, 0) is 56.9 Å². The highest BCUT2D eigenvalue weighted by Crippen LogP contribution is 2.29. The molecule has 4 aromatic rings. The summed E-state index contributed by atoms with van der Waals surface area (Å²) < 4.78 is 1.73. The van der Waals surface area contributed by atoms with E-state index in [0.29, 0.717) is 11.5 Å². The van der Waals surface area contributed by atoms with E-state index in [1.807, 2.05) is 37.6 Å². The molecule has 0 spiro atoms. The van der Waals surface area contributed by atoms with Crippen molar-refractivity contribution < 1.29 is 0 Å². The average Bonchev–Trinajstić information content (AvgIpc) is 3.10. The molecule has 30 heavy (non-hydrogen) atoms. The molecule has 3 aromatic heterocycles. The number of nitrogens with one attached hydrogen (secondary N) is 1. The second kappa shape index (κ2) is 9.02. The number of nitrogens with zero attached hydrogens (tertiary/aromatic N) is 5. The summed E-state index contributed by atoms with van der Waals surface area (Å²) in [5.41, 5.74) is 11.8. The third-order valence-electron chi connectivity index (χ3n) is 5.13. The molecule has 0 aliphatic carbocycles. The molecule has 0 atom stereocenters. The van der Waals surface area contributed by atoms with E-state index in [1.54, 1.807) is 10.7 Å². The van der Waals surface area contributed by atoms with E-state index >= 15 is 0 Å². The van der Waals surface area contributed by atoms with Crippen molar-refractivity contribution in [1.82, 2.24) is 29.8 Å². The van der Waals surface area contributed by atoms with E-state index in [2.05, 4.69) is 56.6 Å². The van der Waals surface area contributed by atoms with Crippen LogP contribution in [0.15, 0.2) is 61.1 Å². The van der Waals surface area contributed by atoms with Gasteiger partial charge in [0, 0.05) is 30.7 Å². The largest absolute Gasteiger partial charge is 0.382 e. The summed E-state index contributed by atoms with van der Waals surface area (Å²) in [6, 6.07) is 14.3. The molecule has 154 valence electrons. The van der Waals surface area contributed by atoms with E-state index < -0.39 is 0 Å². The standard InChI is InChI=1S/C23H27N7/c1-25-11-5-13-29(2)15-17-7-9-18(10-8-17)19-14-27-23-21(20-6-3-4-12-26-20)22(24)28-30(23)16-19/h3-4,6-10,12,14,16,25H,5,11,13,15H2,1-2H3,(H2,24,28). The molecule has 4 rings (SSSR count). The van der Waals surface area contributed by atoms with Gasteiger partial charge < -0.3 is 16.0 Å². The topological polar surface area (TPSA) is 84.4 Å². The lowest BCUT2D eigenvalue weighted by atomic mass is 10.1. The minimum atomic E-state index is 0.426. The first kappa shape index (κ1) is 20.0. The fraction of sp³-hybridized carbons (Fsp3) is 0.261. The van der Waals surface area contributed by atoms with Crippen molar-refractivity contribution in [2.24, 2.45) is 0 Å². The Morgan fingerprint density at radius 3 is 2.63 bits per heavy atom. The normalized spacial score (nSPS) is 11.4. The van der Waals surface area contributed by atoms with Gasteiger partial charge in [0.1, 0.15) is 0 Å². The lowest BCUT2D eigenvalue weighted by molar-refractivity contribution is 0.321. The SMILES string of the molecule is CNCCCN(C)Cc1ccc(-c2cnc3c(-c4ccccn4)c(N)nn3c2)cc1. The van der Waals surface area contributed by atoms with Gasteiger partial charge in [-0.15, -0.1) is 5.10 Å². The highest BCUT2D eigenvalue weighted by molar-refractivity contribution is 5.84. The lowest BCUT2D eigenvalue weighted by Gasteiger charge is -2.16. The van der Waals surface area contributed by atoms with Crippen LogP contribution in [0.2, 0.25) is 0 Å². The number of rotatable bonds is 8. The summed E-state index contributed by atoms with van der Waals surface area (Å²) in [7, 11) is 4.14. The fourth-order valence-corrected chi connectivity index (χ4v) is 3.58. The summed E-state index contributed by atoms with van der Waals surface area (Å²) >= 11 is 0. The number of anilines is 1. The van der Waals surface area contributed by atoms with Crippen LogP contribution in [0.3, 0.4) is 0 Å². The summed E-state index contributed by atoms with van der Waals surface area (Å²) in [6.07, 6.45) is 6.71. The van der Waals surface area contributed by atoms with Crippen LogP contribution in [0.5, 0.6) is 0 Å². The van der Waals surface area contributed by atoms with Crippen LogP contribution >= 0.6 is 0 Å². The third kappa shape index (κ3) is 4.32. The Balaban J connectivity index is 1.54. The van der Waals surface area contributed by atoms with Crippen LogP contribution < -0.4 is 11.1 Å². The van der Waals surface area contributed by atoms with Crippen LogP contribution in [0, 0.1) is 0 Å². The Bertz CT molecular complexity index is 1100. The molecule has 0 unspecified atom stereocenters. The van der Waals surface area contributed by atoms with Crippen molar-refractivity contribution in [1.29, 1.82) is 0 Å². The van der Waals surface area contributed by atoms with Crippen LogP contribution in [-0.4, -0.2) is 51.7 Å². The smallest absolute Gasteiger partial charge is 0.166 e. The second-order valence-corrected chi connectivity index (χ2v) is 7.48. The first-order valence-corrected chi connectivity index (χ1v) is 10.1. The van der Waals surface area contributed by atoms with Crippen molar-refractivity contribution in [2.45, 2.75) is 13.0 Å². The zero-order valence-corrected chi connectivity index (χ0v) is 17.4. The quantitative estimate of drug-likeness (QED) is 0.442. The first-order valence-electron chi connectivity index (χ1n) is 10.1. The van der Waals surface area contributed by atoms with Crippen molar-refractivity contribution in [2.75, 3.05) is 32.9 Å². The number of hydrogen-bond donors (Lipinski definition) is 2. The monoisotopic (exact) mass is 401 g/mol. The van der Waals surface area contributed by atoms with Gasteiger partial charge in [-0.2, -0.15) is 0 Å². The number of nitrogens with two attached hydrogens (primary N) is 1. The van der Waals surface area contributed by atoms with E-state index in [0.717, 1.165) is 48.4 Å². The van der Waals surface area contributed by atoms with Crippen molar-refractivity contribution in [3.05, 3.63) is 66.6 Å². The molecule has 3 N–H and O–H groups in total. The highest BCUT2D eigenvalue weighted by atomic mass is 15.3. The molecule has 3 heterocycles. The third-order valence-corrected chi connectivity index (χ3v) is 5.13. The van der Waals surface area contributed by atoms with Crippen molar-refractivity contribution in [3.8, 4) is 22.4 Å². The minimum Gasteiger partial charge on any atom is -0.382 e. The van der Waals surface area contributed by atoms with Gasteiger partial charge in [-0.1, -0.05) is 30.3 Å². The fourth-order valence-electron chi connectivity index (χ4n) is 3.58. The molecular weight excluding hydrogens is 374 g/mol. The summed E-state index contributed by atoms with van der Waals surface area (Å²) in [4.78, 5) is 11.4. The summed E-state index contributed by atoms with van der Waals surface area (Å²) in [5.74, 6) is 0.426. The molecule has 0 saturated heterocycles. The molecular formula is C23H27N7. The number of aromatic nitrogens is 4. The Labute approximate surface area is 176 Å². The molecule has 0 aliphatic rings. The number of hydrogen-bond acceptors (Lipinski definition) is 6. The minimum absolute atomic E-state index is 0.426. The average molecular weight is 402 g/mol. The van der Waals surface area contributed by atoms with Gasteiger partial charge >= 0.3 is 0 Å².